The molecular weight excluding hydrogens is 429 g/mol. The second-order valence-electron chi connectivity index (χ2n) is 7.06. The zero-order valence-corrected chi connectivity index (χ0v) is 18.7. The van der Waals surface area contributed by atoms with E-state index in [0.717, 1.165) is 16.8 Å². The Kier molecular flexibility index (Phi) is 7.77. The maximum absolute atomic E-state index is 13.8. The molecule has 0 bridgehead atoms. The van der Waals surface area contributed by atoms with Gasteiger partial charge in [-0.3, -0.25) is 9.59 Å². The fraction of sp³-hybridized carbons (Fsp3) is 0.217. The molecule has 1 aromatic heterocycles. The van der Waals surface area contributed by atoms with Crippen LogP contribution >= 0.6 is 11.8 Å². The number of nitrogens with one attached hydrogen (secondary N) is 2. The first kappa shape index (κ1) is 23.2. The van der Waals surface area contributed by atoms with Crippen molar-refractivity contribution >= 4 is 29.3 Å². The number of anilines is 1. The summed E-state index contributed by atoms with van der Waals surface area (Å²) in [6.45, 7) is 8.09. The average molecular weight is 454 g/mol. The van der Waals surface area contributed by atoms with Crippen molar-refractivity contribution in [3.05, 3.63) is 83.5 Å². The molecular formula is C23H24FN5O2S. The van der Waals surface area contributed by atoms with Gasteiger partial charge in [0.05, 0.1) is 17.9 Å². The zero-order chi connectivity index (χ0) is 23.1. The number of hydrogen-bond acceptors (Lipinski definition) is 5. The fourth-order valence-corrected chi connectivity index (χ4v) is 3.85. The number of aromatic nitrogens is 3. The summed E-state index contributed by atoms with van der Waals surface area (Å²) in [4.78, 5) is 24.7. The van der Waals surface area contributed by atoms with Gasteiger partial charge in [0.25, 0.3) is 5.91 Å². The number of thioether (sulfide) groups is 1. The van der Waals surface area contributed by atoms with E-state index in [1.807, 2.05) is 32.0 Å². The first-order valence-electron chi connectivity index (χ1n) is 9.95. The molecule has 7 nitrogen and oxygen atoms in total. The van der Waals surface area contributed by atoms with Gasteiger partial charge in [-0.15, -0.1) is 16.8 Å². The molecule has 0 atom stereocenters. The number of carbonyl (C=O) groups excluding carboxylic acids is 2. The minimum atomic E-state index is -0.594. The van der Waals surface area contributed by atoms with Crippen molar-refractivity contribution in [3.63, 3.8) is 0 Å². The van der Waals surface area contributed by atoms with Gasteiger partial charge in [-0.2, -0.15) is 0 Å². The predicted octanol–water partition coefficient (Wildman–Crippen LogP) is 3.88. The molecule has 0 saturated heterocycles. The van der Waals surface area contributed by atoms with Crippen LogP contribution in [0.25, 0.3) is 0 Å². The highest BCUT2D eigenvalue weighted by molar-refractivity contribution is 7.99. The van der Waals surface area contributed by atoms with Crippen molar-refractivity contribution in [1.82, 2.24) is 20.1 Å². The molecule has 32 heavy (non-hydrogen) atoms. The molecule has 0 saturated carbocycles. The lowest BCUT2D eigenvalue weighted by atomic mass is 10.1. The van der Waals surface area contributed by atoms with Gasteiger partial charge in [-0.05, 0) is 37.1 Å². The van der Waals surface area contributed by atoms with Crippen LogP contribution < -0.4 is 10.6 Å². The Bertz CT molecular complexity index is 1120. The molecule has 2 aromatic carbocycles. The highest BCUT2D eigenvalue weighted by Gasteiger charge is 2.16. The van der Waals surface area contributed by atoms with E-state index in [1.54, 1.807) is 16.7 Å². The van der Waals surface area contributed by atoms with Crippen LogP contribution in [0, 0.1) is 19.7 Å². The second-order valence-corrected chi connectivity index (χ2v) is 8.01. The van der Waals surface area contributed by atoms with Crippen molar-refractivity contribution in [3.8, 4) is 0 Å². The van der Waals surface area contributed by atoms with Crippen molar-refractivity contribution in [2.24, 2.45) is 0 Å². The van der Waals surface area contributed by atoms with Crippen LogP contribution in [-0.4, -0.2) is 32.3 Å². The maximum Gasteiger partial charge on any atom is 0.254 e. The summed E-state index contributed by atoms with van der Waals surface area (Å²) >= 11 is 1.24. The zero-order valence-electron chi connectivity index (χ0n) is 17.9. The van der Waals surface area contributed by atoms with Crippen molar-refractivity contribution < 1.29 is 14.0 Å². The van der Waals surface area contributed by atoms with Gasteiger partial charge >= 0.3 is 0 Å². The molecule has 2 N–H and O–H groups in total. The number of nitrogens with zero attached hydrogens (tertiary/aromatic N) is 3. The van der Waals surface area contributed by atoms with Crippen LogP contribution in [0.15, 0.2) is 60.3 Å². The summed E-state index contributed by atoms with van der Waals surface area (Å²) in [6, 6.07) is 11.6. The molecule has 3 rings (SSSR count). The third-order valence-electron chi connectivity index (χ3n) is 4.71. The molecule has 0 spiro atoms. The summed E-state index contributed by atoms with van der Waals surface area (Å²) in [5.74, 6) is -0.672. The number of para-hydroxylation sites is 1. The van der Waals surface area contributed by atoms with Gasteiger partial charge in [0, 0.05) is 12.2 Å². The minimum absolute atomic E-state index is 0.0416. The highest BCUT2D eigenvalue weighted by Crippen LogP contribution is 2.21. The van der Waals surface area contributed by atoms with E-state index in [0.29, 0.717) is 17.5 Å². The van der Waals surface area contributed by atoms with E-state index >= 15 is 0 Å². The van der Waals surface area contributed by atoms with Crippen molar-refractivity contribution in [2.75, 3.05) is 11.1 Å². The first-order valence-corrected chi connectivity index (χ1v) is 10.9. The van der Waals surface area contributed by atoms with E-state index in [1.165, 1.54) is 30.0 Å². The summed E-state index contributed by atoms with van der Waals surface area (Å²) in [5, 5.41) is 14.4. The summed E-state index contributed by atoms with van der Waals surface area (Å²) < 4.78 is 15.6. The molecule has 0 fully saturated rings. The molecule has 0 radical (unpaired) electrons. The number of carbonyl (C=O) groups is 2. The minimum Gasteiger partial charge on any atom is -0.345 e. The molecule has 3 aromatic rings. The Hall–Kier alpha value is -3.46. The highest BCUT2D eigenvalue weighted by atomic mass is 32.2. The van der Waals surface area contributed by atoms with Gasteiger partial charge in [0.15, 0.2) is 11.0 Å². The number of rotatable bonds is 9. The smallest absolute Gasteiger partial charge is 0.254 e. The van der Waals surface area contributed by atoms with E-state index in [-0.39, 0.29) is 23.8 Å². The molecule has 9 heteroatoms. The Morgan fingerprint density at radius 2 is 1.84 bits per heavy atom. The van der Waals surface area contributed by atoms with Crippen LogP contribution in [-0.2, 0) is 17.9 Å². The lowest BCUT2D eigenvalue weighted by Gasteiger charge is -2.12. The van der Waals surface area contributed by atoms with Crippen molar-refractivity contribution in [2.45, 2.75) is 32.1 Å². The van der Waals surface area contributed by atoms with E-state index < -0.39 is 11.7 Å². The molecule has 166 valence electrons. The van der Waals surface area contributed by atoms with Gasteiger partial charge in [0.1, 0.15) is 5.82 Å². The van der Waals surface area contributed by atoms with E-state index in [9.17, 15) is 14.0 Å². The largest absolute Gasteiger partial charge is 0.345 e. The van der Waals surface area contributed by atoms with Crippen LogP contribution in [0.2, 0.25) is 0 Å². The lowest BCUT2D eigenvalue weighted by molar-refractivity contribution is -0.113. The monoisotopic (exact) mass is 453 g/mol. The Morgan fingerprint density at radius 1 is 1.12 bits per heavy atom. The Morgan fingerprint density at radius 3 is 2.53 bits per heavy atom. The van der Waals surface area contributed by atoms with Crippen LogP contribution in [0.1, 0.15) is 27.3 Å². The molecule has 0 aliphatic rings. The Balaban J connectivity index is 1.64. The van der Waals surface area contributed by atoms with Gasteiger partial charge < -0.3 is 15.2 Å². The predicted molar refractivity (Wildman–Crippen MR) is 123 cm³/mol. The second kappa shape index (κ2) is 10.7. The number of amides is 2. The van der Waals surface area contributed by atoms with Crippen LogP contribution in [0.5, 0.6) is 0 Å². The Labute approximate surface area is 190 Å². The van der Waals surface area contributed by atoms with E-state index in [2.05, 4.69) is 27.4 Å². The average Bonchev–Trinajstić information content (AvgIpc) is 3.15. The quantitative estimate of drug-likeness (QED) is 0.379. The van der Waals surface area contributed by atoms with Crippen LogP contribution in [0.3, 0.4) is 0 Å². The third-order valence-corrected chi connectivity index (χ3v) is 5.68. The number of hydrogen-bond donors (Lipinski definition) is 2. The topological polar surface area (TPSA) is 88.9 Å². The SMILES string of the molecule is C=CCn1c(CNC(=O)c2ccccc2F)nnc1SCC(=O)Nc1c(C)cccc1C. The van der Waals surface area contributed by atoms with E-state index in [4.69, 9.17) is 0 Å². The maximum atomic E-state index is 13.8. The molecule has 0 aliphatic heterocycles. The summed E-state index contributed by atoms with van der Waals surface area (Å²) in [7, 11) is 0. The number of aryl methyl sites for hydroxylation is 2. The van der Waals surface area contributed by atoms with Gasteiger partial charge in [0.2, 0.25) is 5.91 Å². The van der Waals surface area contributed by atoms with Gasteiger partial charge in [-0.25, -0.2) is 4.39 Å². The molecule has 0 unspecified atom stereocenters. The third kappa shape index (κ3) is 5.61. The summed E-state index contributed by atoms with van der Waals surface area (Å²) in [5.41, 5.74) is 2.75. The van der Waals surface area contributed by atoms with Crippen LogP contribution in [0.4, 0.5) is 10.1 Å². The standard InChI is InChI=1S/C23H24FN5O2S/c1-4-12-29-19(13-25-22(31)17-10-5-6-11-18(17)24)27-28-23(29)32-14-20(30)26-21-15(2)8-7-9-16(21)3/h4-11H,1,12-14H2,2-3H3,(H,25,31)(H,26,30). The van der Waals surface area contributed by atoms with Crippen molar-refractivity contribution in [1.29, 1.82) is 0 Å². The summed E-state index contributed by atoms with van der Waals surface area (Å²) in [6.07, 6.45) is 1.67. The number of allylic oxidation sites excluding steroid dienone is 1. The molecule has 1 heterocycles. The normalized spacial score (nSPS) is 10.6. The fourth-order valence-electron chi connectivity index (χ4n) is 3.09. The lowest BCUT2D eigenvalue weighted by Crippen LogP contribution is -2.25. The molecule has 0 aliphatic carbocycles. The number of halogens is 1. The van der Waals surface area contributed by atoms with Gasteiger partial charge in [-0.1, -0.05) is 48.2 Å². The first-order chi connectivity index (χ1) is 15.4. The molecule has 2 amide bonds. The number of benzene rings is 2.